The number of aryl methyl sites for hydroxylation is 1. The smallest absolute Gasteiger partial charge is 0.261 e. The van der Waals surface area contributed by atoms with E-state index in [0.29, 0.717) is 18.2 Å². The maximum atomic E-state index is 13.4. The molecule has 0 spiro atoms. The van der Waals surface area contributed by atoms with E-state index in [2.05, 4.69) is 4.72 Å². The summed E-state index contributed by atoms with van der Waals surface area (Å²) in [6.45, 7) is 0.652. The highest BCUT2D eigenvalue weighted by Crippen LogP contribution is 2.33. The first kappa shape index (κ1) is 21.0. The Labute approximate surface area is 179 Å². The zero-order valence-electron chi connectivity index (χ0n) is 16.8. The Hall–Kier alpha value is -3.20. The fourth-order valence-corrected chi connectivity index (χ4v) is 4.91. The number of hydrogen-bond donors (Lipinski definition) is 1. The molecular formula is C22H21F2N3O3S. The van der Waals surface area contributed by atoms with Gasteiger partial charge in [0.2, 0.25) is 0 Å². The third kappa shape index (κ3) is 4.18. The number of halogens is 2. The lowest BCUT2D eigenvalue weighted by molar-refractivity contribution is 0.0731. The first-order valence-corrected chi connectivity index (χ1v) is 11.2. The molecule has 2 heterocycles. The van der Waals surface area contributed by atoms with Gasteiger partial charge in [-0.3, -0.25) is 9.52 Å². The van der Waals surface area contributed by atoms with Crippen molar-refractivity contribution in [3.8, 4) is 0 Å². The molecule has 1 aliphatic heterocycles. The SMILES string of the molecule is Cn1cccc1C1CCCN1C(=O)c1ccc(NS(=O)(=O)c2ccc(F)c(F)c2)cc1. The number of rotatable bonds is 5. The largest absolute Gasteiger partial charge is 0.353 e. The molecule has 1 saturated heterocycles. The normalized spacial score (nSPS) is 16.5. The van der Waals surface area contributed by atoms with Gasteiger partial charge in [0, 0.05) is 36.7 Å². The number of sulfonamides is 1. The summed E-state index contributed by atoms with van der Waals surface area (Å²) in [7, 11) is -2.15. The molecule has 1 atom stereocenters. The van der Waals surface area contributed by atoms with Crippen LogP contribution in [-0.4, -0.2) is 30.3 Å². The predicted molar refractivity (Wildman–Crippen MR) is 112 cm³/mol. The van der Waals surface area contributed by atoms with E-state index in [1.54, 1.807) is 12.1 Å². The Kier molecular flexibility index (Phi) is 5.53. The van der Waals surface area contributed by atoms with E-state index in [9.17, 15) is 22.0 Å². The molecule has 2 aromatic carbocycles. The highest BCUT2D eigenvalue weighted by atomic mass is 32.2. The predicted octanol–water partition coefficient (Wildman–Crippen LogP) is 4.08. The summed E-state index contributed by atoms with van der Waals surface area (Å²) in [6, 6.07) is 12.3. The molecule has 3 aromatic rings. The van der Waals surface area contributed by atoms with E-state index in [-0.39, 0.29) is 17.6 Å². The minimum atomic E-state index is -4.10. The molecule has 162 valence electrons. The summed E-state index contributed by atoms with van der Waals surface area (Å²) < 4.78 is 55.6. The van der Waals surface area contributed by atoms with Crippen molar-refractivity contribution in [2.45, 2.75) is 23.8 Å². The van der Waals surface area contributed by atoms with Crippen molar-refractivity contribution >= 4 is 21.6 Å². The van der Waals surface area contributed by atoms with Crippen molar-refractivity contribution in [1.82, 2.24) is 9.47 Å². The molecule has 1 aromatic heterocycles. The molecular weight excluding hydrogens is 424 g/mol. The molecule has 0 radical (unpaired) electrons. The van der Waals surface area contributed by atoms with Crippen molar-refractivity contribution in [1.29, 1.82) is 0 Å². The number of hydrogen-bond acceptors (Lipinski definition) is 3. The second-order valence-electron chi connectivity index (χ2n) is 7.46. The number of carbonyl (C=O) groups is 1. The molecule has 0 bridgehead atoms. The van der Waals surface area contributed by atoms with Crippen LogP contribution in [0.1, 0.15) is 34.9 Å². The fraction of sp³-hybridized carbons (Fsp3) is 0.227. The van der Waals surface area contributed by atoms with Gasteiger partial charge in [-0.15, -0.1) is 0 Å². The van der Waals surface area contributed by atoms with Crippen LogP contribution >= 0.6 is 0 Å². The number of anilines is 1. The van der Waals surface area contributed by atoms with E-state index in [1.807, 2.05) is 34.8 Å². The van der Waals surface area contributed by atoms with Crippen molar-refractivity contribution < 1.29 is 22.0 Å². The third-order valence-electron chi connectivity index (χ3n) is 5.42. The van der Waals surface area contributed by atoms with Crippen molar-refractivity contribution in [3.63, 3.8) is 0 Å². The first-order chi connectivity index (χ1) is 14.8. The lowest BCUT2D eigenvalue weighted by Crippen LogP contribution is -2.31. The monoisotopic (exact) mass is 445 g/mol. The molecule has 0 aliphatic carbocycles. The molecule has 1 N–H and O–H groups in total. The van der Waals surface area contributed by atoms with Crippen LogP contribution in [0.25, 0.3) is 0 Å². The lowest BCUT2D eigenvalue weighted by atomic mass is 10.1. The van der Waals surface area contributed by atoms with Crippen LogP contribution in [0.2, 0.25) is 0 Å². The zero-order valence-corrected chi connectivity index (χ0v) is 17.6. The summed E-state index contributed by atoms with van der Waals surface area (Å²) >= 11 is 0. The number of nitrogens with zero attached hydrogens (tertiary/aromatic N) is 2. The molecule has 1 amide bonds. The summed E-state index contributed by atoms with van der Waals surface area (Å²) in [6.07, 6.45) is 3.74. The average Bonchev–Trinajstić information content (AvgIpc) is 3.38. The molecule has 4 rings (SSSR count). The summed E-state index contributed by atoms with van der Waals surface area (Å²) in [5.41, 5.74) is 1.72. The Morgan fingerprint density at radius 3 is 2.45 bits per heavy atom. The van der Waals surface area contributed by atoms with Crippen LogP contribution in [0, 0.1) is 11.6 Å². The van der Waals surface area contributed by atoms with Crippen LogP contribution in [0.3, 0.4) is 0 Å². The van der Waals surface area contributed by atoms with Gasteiger partial charge in [0.05, 0.1) is 10.9 Å². The van der Waals surface area contributed by atoms with E-state index >= 15 is 0 Å². The van der Waals surface area contributed by atoms with Crippen molar-refractivity contribution in [2.75, 3.05) is 11.3 Å². The number of amides is 1. The fourth-order valence-electron chi connectivity index (χ4n) is 3.84. The lowest BCUT2D eigenvalue weighted by Gasteiger charge is -2.25. The van der Waals surface area contributed by atoms with Crippen LogP contribution in [0.15, 0.2) is 65.7 Å². The van der Waals surface area contributed by atoms with Gasteiger partial charge in [-0.2, -0.15) is 0 Å². The van der Waals surface area contributed by atoms with E-state index in [4.69, 9.17) is 0 Å². The molecule has 6 nitrogen and oxygen atoms in total. The van der Waals surface area contributed by atoms with E-state index in [0.717, 1.165) is 30.7 Å². The number of nitrogens with one attached hydrogen (secondary N) is 1. The molecule has 1 unspecified atom stereocenters. The second kappa shape index (κ2) is 8.14. The van der Waals surface area contributed by atoms with Gasteiger partial charge in [-0.05, 0) is 67.4 Å². The molecule has 31 heavy (non-hydrogen) atoms. The molecule has 1 aliphatic rings. The number of carbonyl (C=O) groups excluding carboxylic acids is 1. The first-order valence-electron chi connectivity index (χ1n) is 9.76. The topological polar surface area (TPSA) is 71.4 Å². The van der Waals surface area contributed by atoms with Crippen LogP contribution in [0.4, 0.5) is 14.5 Å². The minimum Gasteiger partial charge on any atom is -0.353 e. The highest BCUT2D eigenvalue weighted by molar-refractivity contribution is 7.92. The Balaban J connectivity index is 1.50. The highest BCUT2D eigenvalue weighted by Gasteiger charge is 2.31. The molecule has 9 heteroatoms. The van der Waals surface area contributed by atoms with Crippen LogP contribution in [-0.2, 0) is 17.1 Å². The van der Waals surface area contributed by atoms with Gasteiger partial charge in [0.15, 0.2) is 11.6 Å². The van der Waals surface area contributed by atoms with Gasteiger partial charge < -0.3 is 9.47 Å². The van der Waals surface area contributed by atoms with Gasteiger partial charge in [-0.25, -0.2) is 17.2 Å². The van der Waals surface area contributed by atoms with Crippen LogP contribution < -0.4 is 4.72 Å². The Morgan fingerprint density at radius 2 is 1.81 bits per heavy atom. The van der Waals surface area contributed by atoms with Crippen LogP contribution in [0.5, 0.6) is 0 Å². The van der Waals surface area contributed by atoms with Crippen molar-refractivity contribution in [2.24, 2.45) is 7.05 Å². The maximum Gasteiger partial charge on any atom is 0.261 e. The van der Waals surface area contributed by atoms with Gasteiger partial charge in [0.1, 0.15) is 0 Å². The van der Waals surface area contributed by atoms with Crippen molar-refractivity contribution in [3.05, 3.63) is 83.7 Å². The summed E-state index contributed by atoms with van der Waals surface area (Å²) in [5.74, 6) is -2.50. The standard InChI is InChI=1S/C22H21F2N3O3S/c1-26-12-2-4-20(26)21-5-3-13-27(21)22(28)15-6-8-16(9-7-15)25-31(29,30)17-10-11-18(23)19(24)14-17/h2,4,6-12,14,21,25H,3,5,13H2,1H3. The average molecular weight is 445 g/mol. The van der Waals surface area contributed by atoms with Gasteiger partial charge >= 0.3 is 0 Å². The van der Waals surface area contributed by atoms with Gasteiger partial charge in [0.25, 0.3) is 15.9 Å². The summed E-state index contributed by atoms with van der Waals surface area (Å²) in [4.78, 5) is 14.5. The van der Waals surface area contributed by atoms with E-state index < -0.39 is 26.6 Å². The molecule has 1 fully saturated rings. The van der Waals surface area contributed by atoms with Gasteiger partial charge in [-0.1, -0.05) is 0 Å². The Bertz CT molecular complexity index is 1220. The maximum absolute atomic E-state index is 13.4. The minimum absolute atomic E-state index is 0.000878. The quantitative estimate of drug-likeness (QED) is 0.643. The zero-order chi connectivity index (χ0) is 22.2. The number of likely N-dealkylation sites (tertiary alicyclic amines) is 1. The summed E-state index contributed by atoms with van der Waals surface area (Å²) in [5, 5.41) is 0. The Morgan fingerprint density at radius 1 is 1.06 bits per heavy atom. The number of aromatic nitrogens is 1. The third-order valence-corrected chi connectivity index (χ3v) is 6.80. The number of benzene rings is 2. The second-order valence-corrected chi connectivity index (χ2v) is 9.14. The van der Waals surface area contributed by atoms with E-state index in [1.165, 1.54) is 12.1 Å². The molecule has 0 saturated carbocycles.